The van der Waals surface area contributed by atoms with E-state index in [9.17, 15) is 9.59 Å². The molecule has 3 nitrogen and oxygen atoms in total. The molecule has 0 heterocycles. The van der Waals surface area contributed by atoms with Crippen molar-refractivity contribution in [3.63, 3.8) is 0 Å². The first-order chi connectivity index (χ1) is 15.3. The van der Waals surface area contributed by atoms with E-state index in [0.717, 1.165) is 49.9 Å². The van der Waals surface area contributed by atoms with E-state index in [0.29, 0.717) is 18.1 Å². The van der Waals surface area contributed by atoms with Gasteiger partial charge in [0.05, 0.1) is 0 Å². The van der Waals surface area contributed by atoms with Crippen LogP contribution in [0.3, 0.4) is 0 Å². The summed E-state index contributed by atoms with van der Waals surface area (Å²) < 4.78 is 5.99. The van der Waals surface area contributed by atoms with E-state index < -0.39 is 0 Å². The van der Waals surface area contributed by atoms with Crippen molar-refractivity contribution < 1.29 is 14.3 Å². The van der Waals surface area contributed by atoms with Gasteiger partial charge in [0.25, 0.3) is 0 Å². The van der Waals surface area contributed by atoms with E-state index in [4.69, 9.17) is 4.74 Å². The van der Waals surface area contributed by atoms with Gasteiger partial charge in [-0.25, -0.2) is 0 Å². The van der Waals surface area contributed by atoms with Crippen LogP contribution in [-0.4, -0.2) is 17.9 Å². The maximum atomic E-state index is 12.5. The maximum Gasteiger partial charge on any atom is 0.306 e. The van der Waals surface area contributed by atoms with Gasteiger partial charge in [0.2, 0.25) is 0 Å². The highest BCUT2D eigenvalue weighted by atomic mass is 16.5. The van der Waals surface area contributed by atoms with Crippen molar-refractivity contribution >= 4 is 11.8 Å². The lowest BCUT2D eigenvalue weighted by atomic mass is 9.47. The van der Waals surface area contributed by atoms with Crippen LogP contribution in [0, 0.1) is 40.4 Å². The Morgan fingerprint density at radius 2 is 1.78 bits per heavy atom. The molecule has 5 aliphatic rings. The Labute approximate surface area is 195 Å². The number of allylic oxidation sites excluding steroid dienone is 1. The third-order valence-electron chi connectivity index (χ3n) is 11.1. The zero-order chi connectivity index (χ0) is 22.5. The Morgan fingerprint density at radius 1 is 1.00 bits per heavy atom. The van der Waals surface area contributed by atoms with Crippen LogP contribution < -0.4 is 0 Å². The first kappa shape index (κ1) is 22.7. The predicted octanol–water partition coefficient (Wildman–Crippen LogP) is 7.04. The number of ketones is 1. The molecule has 0 bridgehead atoms. The van der Waals surface area contributed by atoms with Gasteiger partial charge in [0.1, 0.15) is 11.9 Å². The summed E-state index contributed by atoms with van der Waals surface area (Å²) in [6.07, 6.45) is 18.7. The molecule has 5 rings (SSSR count). The van der Waals surface area contributed by atoms with Crippen LogP contribution in [-0.2, 0) is 14.3 Å². The second-order valence-corrected chi connectivity index (χ2v) is 12.6. The molecule has 0 N–H and O–H groups in total. The molecule has 4 fully saturated rings. The molecule has 0 saturated heterocycles. The minimum Gasteiger partial charge on any atom is -0.462 e. The Bertz CT molecular complexity index is 777. The van der Waals surface area contributed by atoms with Crippen molar-refractivity contribution in [1.82, 2.24) is 0 Å². The molecule has 4 saturated carbocycles. The van der Waals surface area contributed by atoms with Gasteiger partial charge >= 0.3 is 5.97 Å². The van der Waals surface area contributed by atoms with Crippen molar-refractivity contribution in [3.8, 4) is 0 Å². The largest absolute Gasteiger partial charge is 0.462 e. The monoisotopic (exact) mass is 440 g/mol. The van der Waals surface area contributed by atoms with Crippen LogP contribution in [0.4, 0.5) is 0 Å². The van der Waals surface area contributed by atoms with E-state index in [-0.39, 0.29) is 28.8 Å². The minimum absolute atomic E-state index is 0.0365. The molecule has 0 spiro atoms. The number of rotatable bonds is 5. The summed E-state index contributed by atoms with van der Waals surface area (Å²) in [5.41, 5.74) is 2.06. The zero-order valence-corrected chi connectivity index (χ0v) is 20.7. The van der Waals surface area contributed by atoms with E-state index in [2.05, 4.69) is 19.9 Å². The first-order valence-corrected chi connectivity index (χ1v) is 13.7. The van der Waals surface area contributed by atoms with Gasteiger partial charge in [-0.1, -0.05) is 51.2 Å². The number of ether oxygens (including phenoxy) is 1. The molecule has 0 amide bonds. The molecular formula is C29H44O3. The standard InChI is InChI=1S/C29H44O3/c1-19(30)24-11-12-25-23-10-9-21-18-22(32-27(31)13-8-20-6-4-5-7-20)14-16-28(21,2)26(23)15-17-29(24,25)3/h9,20,22-26H,4-8,10-18H2,1-3H3/t22?,23-,24+,25-,26-,28-,29+/m0/s1. The third kappa shape index (κ3) is 3.80. The highest BCUT2D eigenvalue weighted by Crippen LogP contribution is 2.66. The number of fused-ring (bicyclic) bond motifs is 5. The Hall–Kier alpha value is -1.12. The lowest BCUT2D eigenvalue weighted by Gasteiger charge is -2.58. The van der Waals surface area contributed by atoms with Crippen LogP contribution in [0.1, 0.15) is 111 Å². The van der Waals surface area contributed by atoms with Crippen LogP contribution in [0.2, 0.25) is 0 Å². The van der Waals surface area contributed by atoms with Gasteiger partial charge in [0.15, 0.2) is 0 Å². The lowest BCUT2D eigenvalue weighted by Crippen LogP contribution is -2.51. The molecule has 3 heteroatoms. The fourth-order valence-electron chi connectivity index (χ4n) is 9.26. The number of hydrogen-bond donors (Lipinski definition) is 0. The summed E-state index contributed by atoms with van der Waals surface area (Å²) in [5.74, 6) is 3.67. The van der Waals surface area contributed by atoms with Crippen molar-refractivity contribution in [2.45, 2.75) is 117 Å². The molecule has 178 valence electrons. The SMILES string of the molecule is CC(=O)[C@H]1CC[C@H]2[C@@H]3CC=C4CC(OC(=O)CCC5CCCC5)CC[C@]4(C)[C@H]3CC[C@]12C. The second kappa shape index (κ2) is 8.58. The summed E-state index contributed by atoms with van der Waals surface area (Å²) in [6, 6.07) is 0. The molecule has 0 aromatic rings. The lowest BCUT2D eigenvalue weighted by molar-refractivity contribution is -0.152. The Balaban J connectivity index is 1.23. The van der Waals surface area contributed by atoms with Gasteiger partial charge in [0, 0.05) is 18.8 Å². The van der Waals surface area contributed by atoms with Gasteiger partial charge in [-0.2, -0.15) is 0 Å². The average molecular weight is 441 g/mol. The van der Waals surface area contributed by atoms with Crippen LogP contribution >= 0.6 is 0 Å². The van der Waals surface area contributed by atoms with Crippen molar-refractivity contribution in [2.75, 3.05) is 0 Å². The normalized spacial score (nSPS) is 43.7. The number of Topliss-reactive ketones (excluding diaryl/α,β-unsaturated/α-hetero) is 1. The zero-order valence-electron chi connectivity index (χ0n) is 20.7. The van der Waals surface area contributed by atoms with E-state index in [1.165, 1.54) is 51.4 Å². The second-order valence-electron chi connectivity index (χ2n) is 12.6. The third-order valence-corrected chi connectivity index (χ3v) is 11.1. The number of carbonyl (C=O) groups is 2. The first-order valence-electron chi connectivity index (χ1n) is 13.7. The number of hydrogen-bond acceptors (Lipinski definition) is 3. The molecule has 32 heavy (non-hydrogen) atoms. The quantitative estimate of drug-likeness (QED) is 0.340. The molecule has 0 aromatic carbocycles. The summed E-state index contributed by atoms with van der Waals surface area (Å²) >= 11 is 0. The fourth-order valence-corrected chi connectivity index (χ4v) is 9.26. The van der Waals surface area contributed by atoms with Crippen molar-refractivity contribution in [2.24, 2.45) is 40.4 Å². The Kier molecular flexibility index (Phi) is 6.08. The molecule has 0 radical (unpaired) electrons. The van der Waals surface area contributed by atoms with Gasteiger partial charge in [-0.15, -0.1) is 0 Å². The van der Waals surface area contributed by atoms with E-state index >= 15 is 0 Å². The van der Waals surface area contributed by atoms with Gasteiger partial charge < -0.3 is 4.74 Å². The number of carbonyl (C=O) groups excluding carboxylic acids is 2. The fraction of sp³-hybridized carbons (Fsp3) is 0.862. The van der Waals surface area contributed by atoms with Crippen molar-refractivity contribution in [1.29, 1.82) is 0 Å². The molecule has 0 aromatic heterocycles. The summed E-state index contributed by atoms with van der Waals surface area (Å²) in [7, 11) is 0. The highest BCUT2D eigenvalue weighted by Gasteiger charge is 2.59. The Morgan fingerprint density at radius 3 is 2.53 bits per heavy atom. The molecule has 5 aliphatic carbocycles. The average Bonchev–Trinajstić information content (AvgIpc) is 3.39. The molecular weight excluding hydrogens is 396 g/mol. The number of esters is 1. The minimum atomic E-state index is 0.0365. The van der Waals surface area contributed by atoms with Crippen LogP contribution in [0.25, 0.3) is 0 Å². The summed E-state index contributed by atoms with van der Waals surface area (Å²) in [4.78, 5) is 24.9. The maximum absolute atomic E-state index is 12.5. The van der Waals surface area contributed by atoms with Crippen LogP contribution in [0.15, 0.2) is 11.6 Å². The summed E-state index contributed by atoms with van der Waals surface area (Å²) in [6.45, 7) is 6.76. The molecule has 0 aliphatic heterocycles. The van der Waals surface area contributed by atoms with E-state index in [1.54, 1.807) is 5.57 Å². The van der Waals surface area contributed by atoms with E-state index in [1.807, 2.05) is 6.92 Å². The van der Waals surface area contributed by atoms with Gasteiger partial charge in [-0.05, 0) is 92.8 Å². The smallest absolute Gasteiger partial charge is 0.306 e. The molecule has 1 unspecified atom stereocenters. The summed E-state index contributed by atoms with van der Waals surface area (Å²) in [5, 5.41) is 0. The van der Waals surface area contributed by atoms with Crippen LogP contribution in [0.5, 0.6) is 0 Å². The highest BCUT2D eigenvalue weighted by molar-refractivity contribution is 5.79. The van der Waals surface area contributed by atoms with Crippen molar-refractivity contribution in [3.05, 3.63) is 11.6 Å². The predicted molar refractivity (Wildman–Crippen MR) is 127 cm³/mol. The molecule has 7 atom stereocenters. The van der Waals surface area contributed by atoms with Gasteiger partial charge in [-0.3, -0.25) is 9.59 Å². The topological polar surface area (TPSA) is 43.4 Å².